The maximum Gasteiger partial charge on any atom is 0.0893 e. The van der Waals surface area contributed by atoms with Gasteiger partial charge in [-0.1, -0.05) is 67.7 Å². The quantitative estimate of drug-likeness (QED) is 0.344. The maximum atomic E-state index is 2.43. The minimum Gasteiger partial charge on any atom is -0.321 e. The molecule has 0 fully saturated rings. The molecule has 0 aromatic rings. The molecule has 0 rings (SSSR count). The molecule has 1 unspecified atom stereocenters. The van der Waals surface area contributed by atoms with Gasteiger partial charge in [-0.15, -0.1) is 0 Å². The first-order valence-corrected chi connectivity index (χ1v) is 9.89. The van der Waals surface area contributed by atoms with Crippen LogP contribution in [0.15, 0.2) is 0 Å². The van der Waals surface area contributed by atoms with Gasteiger partial charge in [0, 0.05) is 6.42 Å². The van der Waals surface area contributed by atoms with Crippen molar-refractivity contribution in [1.82, 2.24) is 0 Å². The van der Waals surface area contributed by atoms with Gasteiger partial charge in [-0.3, -0.25) is 0 Å². The van der Waals surface area contributed by atoms with E-state index in [0.29, 0.717) is 5.41 Å². The predicted octanol–water partition coefficient (Wildman–Crippen LogP) is 6.42. The highest BCUT2D eigenvalue weighted by atomic mass is 15.4. The Morgan fingerprint density at radius 3 is 1.29 bits per heavy atom. The van der Waals surface area contributed by atoms with Crippen LogP contribution < -0.4 is 0 Å². The second kappa shape index (κ2) is 10.6. The Morgan fingerprint density at radius 2 is 1.05 bits per heavy atom. The van der Waals surface area contributed by atoms with Crippen LogP contribution in [0.2, 0.25) is 0 Å². The summed E-state index contributed by atoms with van der Waals surface area (Å²) in [6.07, 6.45) is 10.8. The van der Waals surface area contributed by atoms with Crippen LogP contribution in [-0.4, -0.2) is 30.2 Å². The van der Waals surface area contributed by atoms with Crippen LogP contribution >= 0.6 is 0 Å². The molecule has 0 amide bonds. The lowest BCUT2D eigenvalue weighted by Crippen LogP contribution is -2.58. The summed E-state index contributed by atoms with van der Waals surface area (Å²) in [5.74, 6) is 0. The molecule has 1 nitrogen and oxygen atoms in total. The summed E-state index contributed by atoms with van der Waals surface area (Å²) in [4.78, 5) is 0. The SMILES string of the molecule is CCC[N+](CCC)(CCC)C(CC)CC(CC)(CC)CC. The van der Waals surface area contributed by atoms with Gasteiger partial charge in [0.2, 0.25) is 0 Å². The first kappa shape index (κ1) is 21.0. The summed E-state index contributed by atoms with van der Waals surface area (Å²) in [5.41, 5.74) is 0.583. The van der Waals surface area contributed by atoms with E-state index in [1.54, 1.807) is 0 Å². The van der Waals surface area contributed by atoms with Crippen molar-refractivity contribution in [3.8, 4) is 0 Å². The summed E-state index contributed by atoms with van der Waals surface area (Å²) < 4.78 is 1.39. The van der Waals surface area contributed by atoms with E-state index in [1.807, 2.05) is 0 Å². The summed E-state index contributed by atoms with van der Waals surface area (Å²) in [6.45, 7) is 20.9. The van der Waals surface area contributed by atoms with Gasteiger partial charge in [-0.2, -0.15) is 0 Å². The third kappa shape index (κ3) is 5.58. The van der Waals surface area contributed by atoms with Gasteiger partial charge in [0.25, 0.3) is 0 Å². The third-order valence-corrected chi connectivity index (χ3v) is 6.17. The van der Waals surface area contributed by atoms with Crippen molar-refractivity contribution in [2.75, 3.05) is 19.6 Å². The van der Waals surface area contributed by atoms with E-state index in [2.05, 4.69) is 48.5 Å². The molecule has 0 spiro atoms. The van der Waals surface area contributed by atoms with Crippen LogP contribution in [0.25, 0.3) is 0 Å². The molecule has 0 heterocycles. The summed E-state index contributed by atoms with van der Waals surface area (Å²) in [7, 11) is 0. The van der Waals surface area contributed by atoms with Crippen molar-refractivity contribution in [3.05, 3.63) is 0 Å². The number of quaternary nitrogens is 1. The molecule has 21 heavy (non-hydrogen) atoms. The molecular weight excluding hydrogens is 254 g/mol. The van der Waals surface area contributed by atoms with Gasteiger partial charge in [0.05, 0.1) is 25.7 Å². The number of hydrogen-bond acceptors (Lipinski definition) is 0. The van der Waals surface area contributed by atoms with E-state index in [1.165, 1.54) is 75.5 Å². The Kier molecular flexibility index (Phi) is 10.6. The Labute approximate surface area is 136 Å². The average Bonchev–Trinajstić information content (AvgIpc) is 2.50. The molecular formula is C20H44N+. The topological polar surface area (TPSA) is 0 Å². The number of rotatable bonds is 13. The molecule has 0 aliphatic carbocycles. The highest BCUT2D eigenvalue weighted by molar-refractivity contribution is 4.79. The molecule has 0 radical (unpaired) electrons. The van der Waals surface area contributed by atoms with Crippen molar-refractivity contribution >= 4 is 0 Å². The standard InChI is InChI=1S/C20H44N/c1-8-15-21(16-9-2,17-10-3)19(11-4)18-20(12-5,13-6)14-7/h19H,8-18H2,1-7H3/q+1. The zero-order valence-corrected chi connectivity index (χ0v) is 16.3. The Morgan fingerprint density at radius 1 is 0.667 bits per heavy atom. The second-order valence-electron chi connectivity index (χ2n) is 7.22. The van der Waals surface area contributed by atoms with Gasteiger partial charge in [-0.05, 0) is 31.1 Å². The minimum atomic E-state index is 0.583. The first-order valence-electron chi connectivity index (χ1n) is 9.89. The highest BCUT2D eigenvalue weighted by Gasteiger charge is 2.38. The summed E-state index contributed by atoms with van der Waals surface area (Å²) >= 11 is 0. The van der Waals surface area contributed by atoms with E-state index < -0.39 is 0 Å². The third-order valence-electron chi connectivity index (χ3n) is 6.17. The second-order valence-corrected chi connectivity index (χ2v) is 7.22. The lowest BCUT2D eigenvalue weighted by atomic mass is 9.73. The van der Waals surface area contributed by atoms with Crippen LogP contribution in [0.1, 0.15) is 99.8 Å². The molecule has 0 aliphatic rings. The Balaban J connectivity index is 5.36. The average molecular weight is 299 g/mol. The minimum absolute atomic E-state index is 0.583. The zero-order chi connectivity index (χ0) is 16.4. The van der Waals surface area contributed by atoms with E-state index in [4.69, 9.17) is 0 Å². The molecule has 0 aliphatic heterocycles. The molecule has 0 bridgehead atoms. The van der Waals surface area contributed by atoms with Crippen LogP contribution in [0, 0.1) is 5.41 Å². The summed E-state index contributed by atoms with van der Waals surface area (Å²) in [5, 5.41) is 0. The largest absolute Gasteiger partial charge is 0.321 e. The molecule has 0 saturated heterocycles. The van der Waals surface area contributed by atoms with E-state index in [-0.39, 0.29) is 0 Å². The zero-order valence-electron chi connectivity index (χ0n) is 16.3. The van der Waals surface area contributed by atoms with Crippen molar-refractivity contribution in [3.63, 3.8) is 0 Å². The Hall–Kier alpha value is -0.0400. The van der Waals surface area contributed by atoms with Crippen LogP contribution in [-0.2, 0) is 0 Å². The van der Waals surface area contributed by atoms with Crippen LogP contribution in [0.4, 0.5) is 0 Å². The van der Waals surface area contributed by atoms with Gasteiger partial charge in [0.1, 0.15) is 0 Å². The van der Waals surface area contributed by atoms with Gasteiger partial charge in [0.15, 0.2) is 0 Å². The van der Waals surface area contributed by atoms with Crippen molar-refractivity contribution in [2.45, 2.75) is 106 Å². The van der Waals surface area contributed by atoms with E-state index in [9.17, 15) is 0 Å². The normalized spacial score (nSPS) is 14.4. The fourth-order valence-electron chi connectivity index (χ4n) is 4.63. The maximum absolute atomic E-state index is 2.43. The van der Waals surface area contributed by atoms with E-state index in [0.717, 1.165) is 6.04 Å². The van der Waals surface area contributed by atoms with Crippen molar-refractivity contribution < 1.29 is 4.48 Å². The number of hydrogen-bond donors (Lipinski definition) is 0. The molecule has 0 saturated carbocycles. The highest BCUT2D eigenvalue weighted by Crippen LogP contribution is 2.39. The van der Waals surface area contributed by atoms with Crippen LogP contribution in [0.3, 0.4) is 0 Å². The molecule has 0 aromatic heterocycles. The van der Waals surface area contributed by atoms with Gasteiger partial charge < -0.3 is 4.48 Å². The molecule has 1 heteroatoms. The molecule has 0 aromatic carbocycles. The fourth-order valence-corrected chi connectivity index (χ4v) is 4.63. The smallest absolute Gasteiger partial charge is 0.0893 e. The Bertz CT molecular complexity index is 217. The number of nitrogens with zero attached hydrogens (tertiary/aromatic N) is 1. The molecule has 0 N–H and O–H groups in total. The van der Waals surface area contributed by atoms with Gasteiger partial charge >= 0.3 is 0 Å². The summed E-state index contributed by atoms with van der Waals surface area (Å²) in [6, 6.07) is 0.865. The van der Waals surface area contributed by atoms with E-state index >= 15 is 0 Å². The van der Waals surface area contributed by atoms with Crippen LogP contribution in [0.5, 0.6) is 0 Å². The van der Waals surface area contributed by atoms with Gasteiger partial charge in [-0.25, -0.2) is 0 Å². The van der Waals surface area contributed by atoms with Crippen molar-refractivity contribution in [2.24, 2.45) is 5.41 Å². The monoisotopic (exact) mass is 298 g/mol. The van der Waals surface area contributed by atoms with Crippen molar-refractivity contribution in [1.29, 1.82) is 0 Å². The predicted molar refractivity (Wildman–Crippen MR) is 97.7 cm³/mol. The first-order chi connectivity index (χ1) is 10.0. The fraction of sp³-hybridized carbons (Fsp3) is 1.00. The lowest BCUT2D eigenvalue weighted by Gasteiger charge is -2.48. The lowest BCUT2D eigenvalue weighted by molar-refractivity contribution is -0.952. The molecule has 128 valence electrons. The molecule has 1 atom stereocenters.